The molecule has 1 saturated heterocycles. The number of carbonyl (C=O) groups excluding carboxylic acids is 1. The van der Waals surface area contributed by atoms with Crippen molar-refractivity contribution in [2.75, 3.05) is 24.6 Å². The van der Waals surface area contributed by atoms with Crippen molar-refractivity contribution in [1.82, 2.24) is 10.3 Å². The molecule has 2 fully saturated rings. The minimum Gasteiger partial charge on any atom is -0.378 e. The van der Waals surface area contributed by atoms with Crippen molar-refractivity contribution in [2.24, 2.45) is 11.1 Å². The normalized spacial score (nSPS) is 31.9. The first-order valence-electron chi connectivity index (χ1n) is 10.2. The number of ether oxygens (including phenoxy) is 2. The predicted octanol–water partition coefficient (Wildman–Crippen LogP) is 1.84. The Morgan fingerprint density at radius 1 is 1.36 bits per heavy atom. The number of rotatable bonds is 6. The molecule has 4 atom stereocenters. The van der Waals surface area contributed by atoms with Crippen LogP contribution >= 0.6 is 0 Å². The van der Waals surface area contributed by atoms with Gasteiger partial charge in [0.2, 0.25) is 5.91 Å². The van der Waals surface area contributed by atoms with E-state index < -0.39 is 5.54 Å². The van der Waals surface area contributed by atoms with Crippen LogP contribution in [0.5, 0.6) is 0 Å². The van der Waals surface area contributed by atoms with Crippen LogP contribution in [-0.4, -0.2) is 54.4 Å². The third-order valence-corrected chi connectivity index (χ3v) is 6.24. The number of carbonyl (C=O) groups is 1. The molecule has 1 aliphatic carbocycles. The lowest BCUT2D eigenvalue weighted by Crippen LogP contribution is -2.75. The van der Waals surface area contributed by atoms with Crippen LogP contribution in [0, 0.1) is 5.41 Å². The second kappa shape index (κ2) is 7.97. The maximum absolute atomic E-state index is 12.7. The summed E-state index contributed by atoms with van der Waals surface area (Å²) in [5.41, 5.74) is 6.09. The number of nitrogens with two attached hydrogens (primary N) is 1. The fourth-order valence-electron chi connectivity index (χ4n) is 4.23. The highest BCUT2D eigenvalue weighted by Crippen LogP contribution is 2.49. The number of anilines is 1. The molecule has 2 heterocycles. The predicted molar refractivity (Wildman–Crippen MR) is 109 cm³/mol. The highest BCUT2D eigenvalue weighted by molar-refractivity contribution is 5.88. The number of amides is 1. The molecule has 1 aliphatic heterocycles. The number of hydrogen-bond acceptors (Lipinski definition) is 6. The number of morpholine rings is 1. The average molecular weight is 391 g/mol. The Kier molecular flexibility index (Phi) is 5.98. The lowest BCUT2D eigenvalue weighted by molar-refractivity contribution is -0.170. The minimum absolute atomic E-state index is 0.0208. The average Bonchev–Trinajstić information content (AvgIpc) is 2.65. The van der Waals surface area contributed by atoms with E-state index in [9.17, 15) is 4.79 Å². The Labute approximate surface area is 168 Å². The monoisotopic (exact) mass is 390 g/mol. The molecule has 28 heavy (non-hydrogen) atoms. The molecule has 1 aromatic rings. The first-order chi connectivity index (χ1) is 13.2. The smallest absolute Gasteiger partial charge is 0.241 e. The van der Waals surface area contributed by atoms with E-state index in [1.54, 1.807) is 0 Å². The first-order valence-corrected chi connectivity index (χ1v) is 10.2. The van der Waals surface area contributed by atoms with Gasteiger partial charge in [0.05, 0.1) is 18.3 Å². The standard InChI is InChI=1S/C21H34N4O3/c1-6-27-17-9-21(22,20(17,4)5)19(26)24-11-16-7-8-18(23-10-16)25-12-14(2)28-15(3)13-25/h7-8,10,14-15,17H,6,9,11-13,22H2,1-5H3,(H,24,26). The first kappa shape index (κ1) is 21.0. The van der Waals surface area contributed by atoms with Gasteiger partial charge < -0.3 is 25.4 Å². The molecule has 0 spiro atoms. The van der Waals surface area contributed by atoms with Gasteiger partial charge in [-0.3, -0.25) is 4.79 Å². The summed E-state index contributed by atoms with van der Waals surface area (Å²) in [4.78, 5) is 19.6. The van der Waals surface area contributed by atoms with Crippen molar-refractivity contribution in [3.05, 3.63) is 23.9 Å². The fraction of sp³-hybridized carbons (Fsp3) is 0.714. The second-order valence-electron chi connectivity index (χ2n) is 8.71. The van der Waals surface area contributed by atoms with Crippen molar-refractivity contribution in [3.8, 4) is 0 Å². The summed E-state index contributed by atoms with van der Waals surface area (Å²) in [5.74, 6) is 0.806. The summed E-state index contributed by atoms with van der Waals surface area (Å²) in [6.45, 7) is 12.8. The van der Waals surface area contributed by atoms with Crippen LogP contribution in [-0.2, 0) is 20.8 Å². The molecule has 1 amide bonds. The van der Waals surface area contributed by atoms with E-state index in [0.29, 0.717) is 19.6 Å². The molecule has 156 valence electrons. The number of nitrogens with one attached hydrogen (secondary N) is 1. The van der Waals surface area contributed by atoms with Gasteiger partial charge in [0, 0.05) is 44.3 Å². The molecule has 3 N–H and O–H groups in total. The Bertz CT molecular complexity index is 683. The summed E-state index contributed by atoms with van der Waals surface area (Å²) in [6.07, 6.45) is 2.77. The van der Waals surface area contributed by atoms with Gasteiger partial charge in [-0.25, -0.2) is 4.98 Å². The van der Waals surface area contributed by atoms with E-state index in [-0.39, 0.29) is 29.6 Å². The van der Waals surface area contributed by atoms with E-state index >= 15 is 0 Å². The summed E-state index contributed by atoms with van der Waals surface area (Å²) in [5, 5.41) is 2.98. The number of pyridine rings is 1. The van der Waals surface area contributed by atoms with Gasteiger partial charge in [-0.2, -0.15) is 0 Å². The van der Waals surface area contributed by atoms with Crippen LogP contribution in [0.3, 0.4) is 0 Å². The highest BCUT2D eigenvalue weighted by Gasteiger charge is 2.62. The van der Waals surface area contributed by atoms with Crippen LogP contribution in [0.25, 0.3) is 0 Å². The van der Waals surface area contributed by atoms with E-state index in [1.807, 2.05) is 39.1 Å². The van der Waals surface area contributed by atoms with Crippen LogP contribution in [0.4, 0.5) is 5.82 Å². The van der Waals surface area contributed by atoms with E-state index in [0.717, 1.165) is 24.5 Å². The Morgan fingerprint density at radius 3 is 2.57 bits per heavy atom. The molecule has 2 aliphatic rings. The highest BCUT2D eigenvalue weighted by atomic mass is 16.5. The van der Waals surface area contributed by atoms with Gasteiger partial charge in [0.25, 0.3) is 0 Å². The van der Waals surface area contributed by atoms with Gasteiger partial charge in [0.1, 0.15) is 11.4 Å². The van der Waals surface area contributed by atoms with Crippen molar-refractivity contribution >= 4 is 11.7 Å². The molecular weight excluding hydrogens is 356 g/mol. The topological polar surface area (TPSA) is 89.7 Å². The van der Waals surface area contributed by atoms with Crippen LogP contribution in [0.1, 0.15) is 46.6 Å². The van der Waals surface area contributed by atoms with Gasteiger partial charge in [0.15, 0.2) is 0 Å². The molecule has 4 unspecified atom stereocenters. The minimum atomic E-state index is -0.902. The van der Waals surface area contributed by atoms with E-state index in [2.05, 4.69) is 29.0 Å². The Balaban J connectivity index is 1.56. The molecule has 0 radical (unpaired) electrons. The fourth-order valence-corrected chi connectivity index (χ4v) is 4.23. The van der Waals surface area contributed by atoms with Crippen molar-refractivity contribution < 1.29 is 14.3 Å². The molecule has 7 heteroatoms. The van der Waals surface area contributed by atoms with Gasteiger partial charge >= 0.3 is 0 Å². The summed E-state index contributed by atoms with van der Waals surface area (Å²) < 4.78 is 11.5. The quantitative estimate of drug-likeness (QED) is 0.770. The second-order valence-corrected chi connectivity index (χ2v) is 8.71. The molecule has 3 rings (SSSR count). The lowest BCUT2D eigenvalue weighted by Gasteiger charge is -2.57. The Hall–Kier alpha value is -1.70. The van der Waals surface area contributed by atoms with E-state index in [1.165, 1.54) is 0 Å². The Morgan fingerprint density at radius 2 is 2.04 bits per heavy atom. The van der Waals surface area contributed by atoms with Crippen LogP contribution in [0.15, 0.2) is 18.3 Å². The third-order valence-electron chi connectivity index (χ3n) is 6.24. The zero-order chi connectivity index (χ0) is 20.5. The summed E-state index contributed by atoms with van der Waals surface area (Å²) in [7, 11) is 0. The number of nitrogens with zero attached hydrogens (tertiary/aromatic N) is 2. The summed E-state index contributed by atoms with van der Waals surface area (Å²) >= 11 is 0. The van der Waals surface area contributed by atoms with Gasteiger partial charge in [-0.1, -0.05) is 19.9 Å². The maximum atomic E-state index is 12.7. The van der Waals surface area contributed by atoms with Crippen molar-refractivity contribution in [2.45, 2.75) is 71.4 Å². The largest absolute Gasteiger partial charge is 0.378 e. The molecular formula is C21H34N4O3. The molecule has 1 saturated carbocycles. The number of hydrogen-bond donors (Lipinski definition) is 2. The molecule has 7 nitrogen and oxygen atoms in total. The number of aromatic nitrogens is 1. The molecule has 0 aromatic carbocycles. The van der Waals surface area contributed by atoms with Crippen molar-refractivity contribution in [3.63, 3.8) is 0 Å². The van der Waals surface area contributed by atoms with Gasteiger partial charge in [-0.15, -0.1) is 0 Å². The zero-order valence-electron chi connectivity index (χ0n) is 17.7. The van der Waals surface area contributed by atoms with Gasteiger partial charge in [-0.05, 0) is 32.4 Å². The van der Waals surface area contributed by atoms with Crippen molar-refractivity contribution in [1.29, 1.82) is 0 Å². The summed E-state index contributed by atoms with van der Waals surface area (Å²) in [6, 6.07) is 4.01. The third kappa shape index (κ3) is 3.88. The molecule has 1 aromatic heterocycles. The van der Waals surface area contributed by atoms with Crippen LogP contribution < -0.4 is 16.0 Å². The SMILES string of the molecule is CCOC1CC(N)(C(=O)NCc2ccc(N3CC(C)OC(C)C3)nc2)C1(C)C. The van der Waals surface area contributed by atoms with Crippen LogP contribution in [0.2, 0.25) is 0 Å². The van der Waals surface area contributed by atoms with E-state index in [4.69, 9.17) is 15.2 Å². The lowest BCUT2D eigenvalue weighted by atomic mass is 9.54. The maximum Gasteiger partial charge on any atom is 0.241 e. The zero-order valence-corrected chi connectivity index (χ0v) is 17.7. The molecule has 0 bridgehead atoms.